The van der Waals surface area contributed by atoms with Gasteiger partial charge in [-0.25, -0.2) is 0 Å². The summed E-state index contributed by atoms with van der Waals surface area (Å²) in [6, 6.07) is 7.00. The molecule has 30 heavy (non-hydrogen) atoms. The van der Waals surface area contributed by atoms with Crippen LogP contribution in [0.15, 0.2) is 49.2 Å². The Bertz CT molecular complexity index is 744. The Balaban J connectivity index is 0.00000263. The number of hydrogen-bond donors (Lipinski definition) is 4. The summed E-state index contributed by atoms with van der Waals surface area (Å²) in [7, 11) is 0. The van der Waals surface area contributed by atoms with Crippen molar-refractivity contribution in [2.75, 3.05) is 25.0 Å². The highest BCUT2D eigenvalue weighted by atomic mass is 16.2. The van der Waals surface area contributed by atoms with Crippen molar-refractivity contribution in [2.45, 2.75) is 19.8 Å². The van der Waals surface area contributed by atoms with Crippen molar-refractivity contribution >= 4 is 36.0 Å². The van der Waals surface area contributed by atoms with Gasteiger partial charge in [0.05, 0.1) is 6.54 Å². The van der Waals surface area contributed by atoms with Gasteiger partial charge in [-0.3, -0.25) is 19.2 Å². The second kappa shape index (κ2) is 16.2. The summed E-state index contributed by atoms with van der Waals surface area (Å²) in [5, 5.41) is 10.7. The Labute approximate surface area is 176 Å². The minimum atomic E-state index is -0.702. The molecule has 0 spiro atoms. The van der Waals surface area contributed by atoms with Crippen LogP contribution in [0.4, 0.5) is 5.69 Å². The van der Waals surface area contributed by atoms with Crippen LogP contribution in [-0.2, 0) is 30.4 Å². The third kappa shape index (κ3) is 13.4. The first-order valence-corrected chi connectivity index (χ1v) is 9.19. The monoisotopic (exact) mass is 416 g/mol. The minimum absolute atomic E-state index is 0.102. The number of amides is 3. The average Bonchev–Trinajstić information content (AvgIpc) is 2.73. The van der Waals surface area contributed by atoms with Gasteiger partial charge in [-0.05, 0) is 37.1 Å². The van der Waals surface area contributed by atoms with Crippen LogP contribution in [0, 0.1) is 0 Å². The lowest BCUT2D eigenvalue weighted by Crippen LogP contribution is -2.35. The van der Waals surface area contributed by atoms with E-state index in [1.807, 2.05) is 12.1 Å². The fraction of sp³-hybridized carbons (Fsp3) is 0.286. The molecule has 162 valence electrons. The second-order valence-electron chi connectivity index (χ2n) is 5.84. The van der Waals surface area contributed by atoms with Gasteiger partial charge in [0, 0.05) is 30.9 Å². The van der Waals surface area contributed by atoms with Gasteiger partial charge >= 0.3 is 0 Å². The molecule has 0 unspecified atom stereocenters. The number of nitrogens with one attached hydrogen (secondary N) is 4. The fourth-order valence-electron chi connectivity index (χ4n) is 2.04. The molecule has 0 atom stereocenters. The quantitative estimate of drug-likeness (QED) is 0.223. The molecule has 1 aromatic carbocycles. The van der Waals surface area contributed by atoms with Crippen LogP contribution in [0.3, 0.4) is 0 Å². The van der Waals surface area contributed by atoms with E-state index >= 15 is 0 Å². The van der Waals surface area contributed by atoms with E-state index in [0.717, 1.165) is 11.8 Å². The van der Waals surface area contributed by atoms with Gasteiger partial charge < -0.3 is 26.1 Å². The summed E-state index contributed by atoms with van der Waals surface area (Å²) in [5.41, 5.74) is 2.17. The van der Waals surface area contributed by atoms with Crippen molar-refractivity contribution in [3.63, 3.8) is 0 Å². The molecule has 4 N–H and O–H groups in total. The maximum atomic E-state index is 11.8. The van der Waals surface area contributed by atoms with E-state index in [4.69, 9.17) is 4.79 Å². The van der Waals surface area contributed by atoms with Gasteiger partial charge in [-0.2, -0.15) is 0 Å². The second-order valence-corrected chi connectivity index (χ2v) is 5.84. The zero-order chi connectivity index (χ0) is 22.8. The number of hydrogen-bond acceptors (Lipinski definition) is 6. The SMILES string of the molecule is C=CC(=O)NCCC(=C)NCC(=O)NCCc1ccc(NC(=O)C=O)cc1.CC=O. The van der Waals surface area contributed by atoms with Crippen LogP contribution in [0.2, 0.25) is 0 Å². The van der Waals surface area contributed by atoms with Gasteiger partial charge in [0.1, 0.15) is 6.29 Å². The van der Waals surface area contributed by atoms with E-state index in [0.29, 0.717) is 37.3 Å². The first-order chi connectivity index (χ1) is 14.4. The standard InChI is InChI=1S/C19H24N4O4.C2H4O/c1-3-17(25)20-10-8-14(2)22-12-18(26)21-11-9-15-4-6-16(7-5-15)23-19(27)13-24;1-2-3/h3-7,13,22H,1-2,8-12H2,(H,20,25)(H,21,26)(H,23,27);2H,1H3. The number of aldehydes is 2. The fourth-order valence-corrected chi connectivity index (χ4v) is 2.04. The average molecular weight is 416 g/mol. The summed E-state index contributed by atoms with van der Waals surface area (Å²) in [6.45, 7) is 9.57. The summed E-state index contributed by atoms with van der Waals surface area (Å²) >= 11 is 0. The van der Waals surface area contributed by atoms with E-state index in [2.05, 4.69) is 34.4 Å². The summed E-state index contributed by atoms with van der Waals surface area (Å²) < 4.78 is 0. The largest absolute Gasteiger partial charge is 0.380 e. The van der Waals surface area contributed by atoms with E-state index < -0.39 is 5.91 Å². The Morgan fingerprint density at radius 2 is 1.60 bits per heavy atom. The summed E-state index contributed by atoms with van der Waals surface area (Å²) in [5.74, 6) is -1.12. The van der Waals surface area contributed by atoms with Gasteiger partial charge in [0.2, 0.25) is 18.1 Å². The van der Waals surface area contributed by atoms with Gasteiger partial charge in [0.25, 0.3) is 5.91 Å². The zero-order valence-electron chi connectivity index (χ0n) is 17.0. The van der Waals surface area contributed by atoms with Crippen molar-refractivity contribution in [3.05, 3.63) is 54.8 Å². The molecule has 0 fully saturated rings. The first kappa shape index (κ1) is 26.2. The molecule has 0 heterocycles. The highest BCUT2D eigenvalue weighted by Gasteiger charge is 2.03. The molecule has 0 aliphatic carbocycles. The van der Waals surface area contributed by atoms with Crippen molar-refractivity contribution < 1.29 is 24.0 Å². The molecule has 0 saturated heterocycles. The van der Waals surface area contributed by atoms with E-state index in [1.54, 1.807) is 12.1 Å². The first-order valence-electron chi connectivity index (χ1n) is 9.19. The topological polar surface area (TPSA) is 133 Å². The van der Waals surface area contributed by atoms with Gasteiger partial charge in [-0.1, -0.05) is 25.3 Å². The molecule has 3 amide bonds. The Hall–Kier alpha value is -3.75. The smallest absolute Gasteiger partial charge is 0.288 e. The third-order valence-electron chi connectivity index (χ3n) is 3.47. The lowest BCUT2D eigenvalue weighted by Gasteiger charge is -2.10. The van der Waals surface area contributed by atoms with Crippen LogP contribution in [0.1, 0.15) is 18.9 Å². The number of rotatable bonds is 12. The lowest BCUT2D eigenvalue weighted by atomic mass is 10.1. The molecule has 0 aliphatic heterocycles. The van der Waals surface area contributed by atoms with Crippen LogP contribution in [0.5, 0.6) is 0 Å². The third-order valence-corrected chi connectivity index (χ3v) is 3.47. The van der Waals surface area contributed by atoms with Crippen LogP contribution < -0.4 is 21.3 Å². The predicted molar refractivity (Wildman–Crippen MR) is 115 cm³/mol. The maximum Gasteiger partial charge on any atom is 0.288 e. The van der Waals surface area contributed by atoms with Crippen LogP contribution in [-0.4, -0.2) is 49.9 Å². The minimum Gasteiger partial charge on any atom is -0.380 e. The molecule has 0 radical (unpaired) electrons. The van der Waals surface area contributed by atoms with E-state index in [-0.39, 0.29) is 24.6 Å². The number of carbonyl (C=O) groups is 5. The highest BCUT2D eigenvalue weighted by Crippen LogP contribution is 2.09. The van der Waals surface area contributed by atoms with Crippen LogP contribution in [0.25, 0.3) is 0 Å². The molecule has 0 bridgehead atoms. The van der Waals surface area contributed by atoms with Crippen molar-refractivity contribution in [1.82, 2.24) is 16.0 Å². The number of carbonyl (C=O) groups excluding carboxylic acids is 5. The normalized spacial score (nSPS) is 9.10. The van der Waals surface area contributed by atoms with E-state index in [1.165, 1.54) is 13.0 Å². The number of benzene rings is 1. The summed E-state index contributed by atoms with van der Waals surface area (Å²) in [4.78, 5) is 52.8. The highest BCUT2D eigenvalue weighted by molar-refractivity contribution is 6.29. The molecule has 1 aromatic rings. The van der Waals surface area contributed by atoms with E-state index in [9.17, 15) is 19.2 Å². The molecule has 9 heteroatoms. The predicted octanol–water partition coefficient (Wildman–Crippen LogP) is 0.484. The maximum absolute atomic E-state index is 11.8. The van der Waals surface area contributed by atoms with Gasteiger partial charge in [-0.15, -0.1) is 0 Å². The van der Waals surface area contributed by atoms with Crippen molar-refractivity contribution in [2.24, 2.45) is 0 Å². The molecule has 0 aliphatic rings. The molecule has 1 rings (SSSR count). The number of anilines is 1. The summed E-state index contributed by atoms with van der Waals surface area (Å²) in [6.07, 6.45) is 3.30. The molecule has 9 nitrogen and oxygen atoms in total. The molecule has 0 aromatic heterocycles. The zero-order valence-corrected chi connectivity index (χ0v) is 17.0. The Morgan fingerprint density at radius 3 is 2.17 bits per heavy atom. The van der Waals surface area contributed by atoms with Crippen molar-refractivity contribution in [3.8, 4) is 0 Å². The molecular formula is C21H28N4O5. The lowest BCUT2D eigenvalue weighted by molar-refractivity contribution is -0.127. The van der Waals surface area contributed by atoms with Crippen molar-refractivity contribution in [1.29, 1.82) is 0 Å². The Morgan fingerprint density at radius 1 is 0.967 bits per heavy atom. The Kier molecular flexibility index (Phi) is 14.2. The molecular weight excluding hydrogens is 388 g/mol. The molecule has 0 saturated carbocycles. The van der Waals surface area contributed by atoms with Crippen LogP contribution >= 0.6 is 0 Å². The van der Waals surface area contributed by atoms with Gasteiger partial charge in [0.15, 0.2) is 0 Å².